The van der Waals surface area contributed by atoms with Crippen LogP contribution in [0, 0.1) is 0 Å². The Labute approximate surface area is 105 Å². The van der Waals surface area contributed by atoms with Crippen molar-refractivity contribution in [2.24, 2.45) is 0 Å². The molecule has 0 atom stereocenters. The predicted molar refractivity (Wildman–Crippen MR) is 66.8 cm³/mol. The van der Waals surface area contributed by atoms with Gasteiger partial charge in [-0.25, -0.2) is 23.1 Å². The largest absolute Gasteiger partial charge is 0.267 e. The minimum Gasteiger partial charge on any atom is -0.267 e. The van der Waals surface area contributed by atoms with E-state index >= 15 is 0 Å². The molecule has 7 nitrogen and oxygen atoms in total. The van der Waals surface area contributed by atoms with Crippen molar-refractivity contribution in [1.29, 1.82) is 0 Å². The van der Waals surface area contributed by atoms with Gasteiger partial charge in [0, 0.05) is 18.5 Å². The number of sulfonamides is 1. The van der Waals surface area contributed by atoms with E-state index in [1.807, 2.05) is 0 Å². The van der Waals surface area contributed by atoms with Gasteiger partial charge in [0.1, 0.15) is 12.1 Å². The molecule has 0 aliphatic heterocycles. The Morgan fingerprint density at radius 3 is 2.72 bits per heavy atom. The number of nitrogens with one attached hydrogen (secondary N) is 1. The van der Waals surface area contributed by atoms with Gasteiger partial charge in [0.05, 0.1) is 5.25 Å². The van der Waals surface area contributed by atoms with Gasteiger partial charge in [0.15, 0.2) is 5.82 Å². The highest BCUT2D eigenvalue weighted by atomic mass is 32.2. The molecule has 8 heteroatoms. The lowest BCUT2D eigenvalue weighted by molar-refractivity contribution is 0.592. The normalized spacial score (nSPS) is 11.7. The highest BCUT2D eigenvalue weighted by Gasteiger charge is 2.16. The zero-order chi connectivity index (χ0) is 13.2. The van der Waals surface area contributed by atoms with Gasteiger partial charge in [0.2, 0.25) is 10.0 Å². The lowest BCUT2D eigenvalue weighted by Gasteiger charge is -2.10. The summed E-state index contributed by atoms with van der Waals surface area (Å²) in [7, 11) is -3.41. The molecule has 0 fully saturated rings. The number of rotatable bonds is 4. The lowest BCUT2D eigenvalue weighted by atomic mass is 10.5. The zero-order valence-electron chi connectivity index (χ0n) is 9.98. The van der Waals surface area contributed by atoms with Crippen LogP contribution < -0.4 is 4.72 Å². The van der Waals surface area contributed by atoms with E-state index < -0.39 is 15.3 Å². The summed E-state index contributed by atoms with van der Waals surface area (Å²) in [6, 6.07) is 3.27. The molecular weight excluding hydrogens is 254 g/mol. The van der Waals surface area contributed by atoms with Gasteiger partial charge in [-0.3, -0.25) is 4.72 Å². The van der Waals surface area contributed by atoms with Gasteiger partial charge in [0.25, 0.3) is 0 Å². The first-order chi connectivity index (χ1) is 8.49. The van der Waals surface area contributed by atoms with Crippen LogP contribution in [0.25, 0.3) is 5.82 Å². The standard InChI is InChI=1S/C10H13N5O2S/c1-8(2)18(16,17)14-9-6-10(12-7-11-9)15-5-3-4-13-15/h3-8H,1-2H3,(H,11,12,14). The minimum absolute atomic E-state index is 0.226. The third-order valence-corrected chi connectivity index (χ3v) is 3.99. The molecule has 2 rings (SSSR count). The van der Waals surface area contributed by atoms with E-state index in [1.54, 1.807) is 32.3 Å². The van der Waals surface area contributed by atoms with Gasteiger partial charge in [-0.15, -0.1) is 0 Å². The number of anilines is 1. The molecule has 1 N–H and O–H groups in total. The molecule has 0 aliphatic carbocycles. The van der Waals surface area contributed by atoms with Crippen molar-refractivity contribution in [3.8, 4) is 5.82 Å². The Morgan fingerprint density at radius 2 is 2.11 bits per heavy atom. The molecule has 0 amide bonds. The first-order valence-corrected chi connectivity index (χ1v) is 6.87. The van der Waals surface area contributed by atoms with E-state index in [9.17, 15) is 8.42 Å². The minimum atomic E-state index is -3.41. The fourth-order valence-corrected chi connectivity index (χ4v) is 1.83. The maximum absolute atomic E-state index is 11.7. The topological polar surface area (TPSA) is 89.8 Å². The third kappa shape index (κ3) is 2.65. The van der Waals surface area contributed by atoms with E-state index in [1.165, 1.54) is 17.1 Å². The fraction of sp³-hybridized carbons (Fsp3) is 0.300. The molecule has 2 aromatic heterocycles. The molecule has 0 aliphatic rings. The fourth-order valence-electron chi connectivity index (χ4n) is 1.20. The van der Waals surface area contributed by atoms with Crippen molar-refractivity contribution in [2.75, 3.05) is 4.72 Å². The molecule has 18 heavy (non-hydrogen) atoms. The molecule has 2 heterocycles. The number of aromatic nitrogens is 4. The second-order valence-corrected chi connectivity index (χ2v) is 6.14. The van der Waals surface area contributed by atoms with E-state index in [-0.39, 0.29) is 5.82 Å². The smallest absolute Gasteiger partial charge is 0.236 e. The molecule has 96 valence electrons. The van der Waals surface area contributed by atoms with Crippen molar-refractivity contribution in [3.05, 3.63) is 30.9 Å². The first-order valence-electron chi connectivity index (χ1n) is 5.33. The van der Waals surface area contributed by atoms with Crippen molar-refractivity contribution in [1.82, 2.24) is 19.7 Å². The maximum atomic E-state index is 11.7. The Balaban J connectivity index is 2.29. The molecule has 0 radical (unpaired) electrons. The van der Waals surface area contributed by atoms with Crippen LogP contribution in [0.3, 0.4) is 0 Å². The van der Waals surface area contributed by atoms with E-state index in [2.05, 4.69) is 19.8 Å². The Hall–Kier alpha value is -1.96. The molecule has 0 bridgehead atoms. The van der Waals surface area contributed by atoms with Crippen LogP contribution in [-0.4, -0.2) is 33.4 Å². The molecule has 0 unspecified atom stereocenters. The van der Waals surface area contributed by atoms with E-state index in [4.69, 9.17) is 0 Å². The van der Waals surface area contributed by atoms with E-state index in [0.717, 1.165) is 0 Å². The second-order valence-electron chi connectivity index (χ2n) is 3.91. The average Bonchev–Trinajstić information content (AvgIpc) is 2.82. The summed E-state index contributed by atoms with van der Waals surface area (Å²) < 4.78 is 27.3. The summed E-state index contributed by atoms with van der Waals surface area (Å²) in [5.41, 5.74) is 0. The summed E-state index contributed by atoms with van der Waals surface area (Å²) in [6.07, 6.45) is 4.61. The highest BCUT2D eigenvalue weighted by Crippen LogP contribution is 2.11. The average molecular weight is 267 g/mol. The van der Waals surface area contributed by atoms with E-state index in [0.29, 0.717) is 5.82 Å². The highest BCUT2D eigenvalue weighted by molar-refractivity contribution is 7.93. The maximum Gasteiger partial charge on any atom is 0.236 e. The Kier molecular flexibility index (Phi) is 3.28. The summed E-state index contributed by atoms with van der Waals surface area (Å²) >= 11 is 0. The molecule has 0 saturated carbocycles. The van der Waals surface area contributed by atoms with Crippen LogP contribution in [0.4, 0.5) is 5.82 Å². The van der Waals surface area contributed by atoms with Gasteiger partial charge in [-0.1, -0.05) is 0 Å². The summed E-state index contributed by atoms with van der Waals surface area (Å²) in [5, 5.41) is 3.48. The van der Waals surface area contributed by atoms with Gasteiger partial charge in [-0.2, -0.15) is 5.10 Å². The molecular formula is C10H13N5O2S. The van der Waals surface area contributed by atoms with Gasteiger partial charge < -0.3 is 0 Å². The molecule has 0 spiro atoms. The van der Waals surface area contributed by atoms with Crippen LogP contribution >= 0.6 is 0 Å². The van der Waals surface area contributed by atoms with Crippen molar-refractivity contribution >= 4 is 15.8 Å². The lowest BCUT2D eigenvalue weighted by Crippen LogP contribution is -2.23. The molecule has 0 saturated heterocycles. The predicted octanol–water partition coefficient (Wildman–Crippen LogP) is 0.812. The first kappa shape index (κ1) is 12.5. The number of hydrogen-bond acceptors (Lipinski definition) is 5. The van der Waals surface area contributed by atoms with Crippen molar-refractivity contribution in [3.63, 3.8) is 0 Å². The van der Waals surface area contributed by atoms with Crippen LogP contribution in [0.5, 0.6) is 0 Å². The van der Waals surface area contributed by atoms with Crippen molar-refractivity contribution in [2.45, 2.75) is 19.1 Å². The summed E-state index contributed by atoms with van der Waals surface area (Å²) in [5.74, 6) is 0.723. The number of hydrogen-bond donors (Lipinski definition) is 1. The van der Waals surface area contributed by atoms with Crippen molar-refractivity contribution < 1.29 is 8.42 Å². The summed E-state index contributed by atoms with van der Waals surface area (Å²) in [4.78, 5) is 7.89. The van der Waals surface area contributed by atoms with Crippen LogP contribution in [-0.2, 0) is 10.0 Å². The van der Waals surface area contributed by atoms with Crippen LogP contribution in [0.15, 0.2) is 30.9 Å². The third-order valence-electron chi connectivity index (χ3n) is 2.26. The molecule has 2 aromatic rings. The van der Waals surface area contributed by atoms with Gasteiger partial charge in [-0.05, 0) is 19.9 Å². The quantitative estimate of drug-likeness (QED) is 0.885. The second kappa shape index (κ2) is 4.73. The SMILES string of the molecule is CC(C)S(=O)(=O)Nc1cc(-n2cccn2)ncn1. The monoisotopic (exact) mass is 267 g/mol. The van der Waals surface area contributed by atoms with Gasteiger partial charge >= 0.3 is 0 Å². The Morgan fingerprint density at radius 1 is 1.33 bits per heavy atom. The summed E-state index contributed by atoms with van der Waals surface area (Å²) in [6.45, 7) is 3.19. The van der Waals surface area contributed by atoms with Crippen LogP contribution in [0.2, 0.25) is 0 Å². The number of nitrogens with zero attached hydrogens (tertiary/aromatic N) is 4. The molecule has 0 aromatic carbocycles. The van der Waals surface area contributed by atoms with Crippen LogP contribution in [0.1, 0.15) is 13.8 Å². The zero-order valence-corrected chi connectivity index (χ0v) is 10.8. The Bertz CT molecular complexity index is 621.